The molecular weight excluding hydrogens is 482 g/mol. The topological polar surface area (TPSA) is 145 Å². The number of hydrogen-bond acceptors (Lipinski definition) is 6. The minimum atomic E-state index is -3.62. The van der Waals surface area contributed by atoms with E-state index in [0.29, 0.717) is 12.3 Å². The van der Waals surface area contributed by atoms with Crippen LogP contribution in [-0.4, -0.2) is 67.5 Å². The molecule has 3 rings (SSSR count). The average Bonchev–Trinajstić information content (AvgIpc) is 3.68. The third kappa shape index (κ3) is 9.80. The van der Waals surface area contributed by atoms with Gasteiger partial charge in [0.15, 0.2) is 0 Å². The van der Waals surface area contributed by atoms with E-state index in [0.717, 1.165) is 50.3 Å². The largest absolute Gasteiger partial charge is 0.390 e. The van der Waals surface area contributed by atoms with Gasteiger partial charge in [-0.05, 0) is 43.1 Å². The van der Waals surface area contributed by atoms with Crippen molar-refractivity contribution < 1.29 is 28.2 Å². The van der Waals surface area contributed by atoms with Crippen LogP contribution < -0.4 is 15.4 Å². The predicted molar refractivity (Wildman–Crippen MR) is 137 cm³/mol. The van der Waals surface area contributed by atoms with Crippen LogP contribution in [0, 0.1) is 11.8 Å². The van der Waals surface area contributed by atoms with E-state index in [-0.39, 0.29) is 31.2 Å². The van der Waals surface area contributed by atoms with Crippen LogP contribution in [0.2, 0.25) is 0 Å². The van der Waals surface area contributed by atoms with Gasteiger partial charge in [-0.1, -0.05) is 62.4 Å². The molecular formula is C26H41N3O6S. The van der Waals surface area contributed by atoms with Gasteiger partial charge in [0.1, 0.15) is 12.1 Å². The lowest BCUT2D eigenvalue weighted by Crippen LogP contribution is -2.51. The van der Waals surface area contributed by atoms with Gasteiger partial charge >= 0.3 is 0 Å². The molecule has 4 atom stereocenters. The zero-order valence-electron chi connectivity index (χ0n) is 21.1. The third-order valence-corrected chi connectivity index (χ3v) is 7.84. The lowest BCUT2D eigenvalue weighted by Gasteiger charge is -2.32. The predicted octanol–water partition coefficient (Wildman–Crippen LogP) is 1.24. The number of aliphatic hydroxyl groups is 2. The second-order valence-electron chi connectivity index (χ2n) is 10.4. The van der Waals surface area contributed by atoms with Crippen LogP contribution in [0.1, 0.15) is 63.4 Å². The fraction of sp³-hybridized carbons (Fsp3) is 0.692. The Bertz CT molecular complexity index is 948. The lowest BCUT2D eigenvalue weighted by atomic mass is 9.82. The molecule has 1 aromatic carbocycles. The molecule has 36 heavy (non-hydrogen) atoms. The van der Waals surface area contributed by atoms with Gasteiger partial charge in [-0.15, -0.1) is 0 Å². The van der Waals surface area contributed by atoms with Crippen LogP contribution in [0.3, 0.4) is 0 Å². The van der Waals surface area contributed by atoms with E-state index in [1.165, 1.54) is 6.42 Å². The number of carbonyl (C=O) groups is 2. The molecule has 1 aromatic rings. The summed E-state index contributed by atoms with van der Waals surface area (Å²) in [6, 6.07) is 7.55. The fourth-order valence-electron chi connectivity index (χ4n) is 5.02. The van der Waals surface area contributed by atoms with Crippen LogP contribution >= 0.6 is 0 Å². The summed E-state index contributed by atoms with van der Waals surface area (Å²) in [5.41, 5.74) is 0.806. The first-order chi connectivity index (χ1) is 17.1. The van der Waals surface area contributed by atoms with Gasteiger partial charge < -0.3 is 20.8 Å². The van der Waals surface area contributed by atoms with Gasteiger partial charge in [-0.3, -0.25) is 9.59 Å². The Labute approximate surface area is 214 Å². The van der Waals surface area contributed by atoms with E-state index in [9.17, 15) is 28.2 Å². The first-order valence-electron chi connectivity index (χ1n) is 13.1. The first kappa shape index (κ1) is 28.6. The van der Waals surface area contributed by atoms with Gasteiger partial charge in [-0.25, -0.2) is 13.1 Å². The van der Waals surface area contributed by atoms with Gasteiger partial charge in [0.2, 0.25) is 21.8 Å². The molecule has 2 amide bonds. The van der Waals surface area contributed by atoms with Crippen molar-refractivity contribution in [3.05, 3.63) is 35.9 Å². The van der Waals surface area contributed by atoms with Crippen LogP contribution in [0.5, 0.6) is 0 Å². The Hall–Kier alpha value is -2.01. The van der Waals surface area contributed by atoms with Crippen molar-refractivity contribution in [3.63, 3.8) is 0 Å². The summed E-state index contributed by atoms with van der Waals surface area (Å²) in [7, 11) is -3.62. The Morgan fingerprint density at radius 3 is 2.31 bits per heavy atom. The van der Waals surface area contributed by atoms with Crippen molar-refractivity contribution in [2.75, 3.05) is 12.8 Å². The fourth-order valence-corrected chi connectivity index (χ4v) is 5.72. The number of hydrogen-bond donors (Lipinski definition) is 5. The molecule has 9 nitrogen and oxygen atoms in total. The standard InChI is InChI=1S/C26H41N3O6S/c1-36(34,35)29-22(17-19-10-6-3-7-11-19)26(33)27-15-14-23(30)28-21(16-18-8-4-2-5-9-18)25(32)24(31)20-12-13-20/h3,6-7,10-11,18,20-22,24-25,29,31-32H,2,4-5,8-9,12-17H2,1H3,(H,27,33)(H,28,30)/t21-,22-,24-,25+/m0/s1. The highest BCUT2D eigenvalue weighted by Gasteiger charge is 2.39. The van der Waals surface area contributed by atoms with Crippen molar-refractivity contribution in [1.82, 2.24) is 15.4 Å². The van der Waals surface area contributed by atoms with Crippen molar-refractivity contribution in [3.8, 4) is 0 Å². The summed E-state index contributed by atoms with van der Waals surface area (Å²) in [5, 5.41) is 26.8. The quantitative estimate of drug-likeness (QED) is 0.248. The average molecular weight is 524 g/mol. The second-order valence-corrected chi connectivity index (χ2v) is 12.2. The van der Waals surface area contributed by atoms with Crippen molar-refractivity contribution >= 4 is 21.8 Å². The third-order valence-electron chi connectivity index (χ3n) is 7.13. The highest BCUT2D eigenvalue weighted by atomic mass is 32.2. The molecule has 0 heterocycles. The molecule has 2 aliphatic carbocycles. The number of aliphatic hydroxyl groups excluding tert-OH is 2. The minimum absolute atomic E-state index is 0.0178. The van der Waals surface area contributed by atoms with Gasteiger partial charge in [0.05, 0.1) is 18.4 Å². The lowest BCUT2D eigenvalue weighted by molar-refractivity contribution is -0.124. The number of nitrogens with one attached hydrogen (secondary N) is 3. The molecule has 2 saturated carbocycles. The molecule has 0 aliphatic heterocycles. The number of carbonyl (C=O) groups excluding carboxylic acids is 2. The Balaban J connectivity index is 1.52. The van der Waals surface area contributed by atoms with Crippen LogP contribution in [0.15, 0.2) is 30.3 Å². The molecule has 2 fully saturated rings. The van der Waals surface area contributed by atoms with Crippen LogP contribution in [-0.2, 0) is 26.0 Å². The van der Waals surface area contributed by atoms with Crippen molar-refractivity contribution in [2.24, 2.45) is 11.8 Å². The van der Waals surface area contributed by atoms with E-state index < -0.39 is 40.2 Å². The monoisotopic (exact) mass is 523 g/mol. The summed E-state index contributed by atoms with van der Waals surface area (Å²) in [6.07, 6.45) is 7.31. The van der Waals surface area contributed by atoms with Crippen LogP contribution in [0.4, 0.5) is 0 Å². The van der Waals surface area contributed by atoms with E-state index in [1.807, 2.05) is 30.3 Å². The zero-order valence-corrected chi connectivity index (χ0v) is 21.9. The molecule has 0 bridgehead atoms. The molecule has 0 aromatic heterocycles. The van der Waals surface area contributed by atoms with Gasteiger partial charge in [-0.2, -0.15) is 0 Å². The molecule has 10 heteroatoms. The maximum Gasteiger partial charge on any atom is 0.238 e. The van der Waals surface area contributed by atoms with Gasteiger partial charge in [0.25, 0.3) is 0 Å². The van der Waals surface area contributed by atoms with Crippen LogP contribution in [0.25, 0.3) is 0 Å². The second kappa shape index (κ2) is 13.5. The van der Waals surface area contributed by atoms with E-state index in [4.69, 9.17) is 0 Å². The Morgan fingerprint density at radius 1 is 1.03 bits per heavy atom. The maximum atomic E-state index is 12.7. The number of benzene rings is 1. The normalized spacial score (nSPS) is 20.2. The zero-order chi connectivity index (χ0) is 26.1. The first-order valence-corrected chi connectivity index (χ1v) is 15.0. The Kier molecular flexibility index (Phi) is 10.7. The summed E-state index contributed by atoms with van der Waals surface area (Å²) < 4.78 is 25.9. The summed E-state index contributed by atoms with van der Waals surface area (Å²) >= 11 is 0. The molecule has 2 aliphatic rings. The Morgan fingerprint density at radius 2 is 1.69 bits per heavy atom. The number of amides is 2. The van der Waals surface area contributed by atoms with Gasteiger partial charge in [0, 0.05) is 13.0 Å². The summed E-state index contributed by atoms with van der Waals surface area (Å²) in [6.45, 7) is 0.0266. The highest BCUT2D eigenvalue weighted by molar-refractivity contribution is 7.88. The smallest absolute Gasteiger partial charge is 0.238 e. The molecule has 202 valence electrons. The number of rotatable bonds is 14. The molecule has 0 unspecified atom stereocenters. The minimum Gasteiger partial charge on any atom is -0.390 e. The van der Waals surface area contributed by atoms with Crippen molar-refractivity contribution in [2.45, 2.75) is 88.5 Å². The molecule has 0 saturated heterocycles. The summed E-state index contributed by atoms with van der Waals surface area (Å²) in [4.78, 5) is 25.4. The van der Waals surface area contributed by atoms with Crippen molar-refractivity contribution in [1.29, 1.82) is 0 Å². The number of sulfonamides is 1. The highest BCUT2D eigenvalue weighted by Crippen LogP contribution is 2.36. The van der Waals surface area contributed by atoms with E-state index in [1.54, 1.807) is 0 Å². The SMILES string of the molecule is CS(=O)(=O)N[C@@H](Cc1ccccc1)C(=O)NCCC(=O)N[C@@H](CC1CCCCC1)[C@@H](O)[C@@H](O)C1CC1. The molecule has 0 spiro atoms. The summed E-state index contributed by atoms with van der Waals surface area (Å²) in [5.74, 6) is -0.339. The van der Waals surface area contributed by atoms with E-state index in [2.05, 4.69) is 15.4 Å². The van der Waals surface area contributed by atoms with E-state index >= 15 is 0 Å². The maximum absolute atomic E-state index is 12.7. The molecule has 5 N–H and O–H groups in total. The molecule has 0 radical (unpaired) electrons.